The van der Waals surface area contributed by atoms with Gasteiger partial charge in [0.05, 0.1) is 0 Å². The second-order valence-electron chi connectivity index (χ2n) is 7.36. The Labute approximate surface area is 154 Å². The lowest BCUT2D eigenvalue weighted by Crippen LogP contribution is -2.15. The highest BCUT2D eigenvalue weighted by Crippen LogP contribution is 2.40. The summed E-state index contributed by atoms with van der Waals surface area (Å²) in [4.78, 5) is 0. The predicted octanol–water partition coefficient (Wildman–Crippen LogP) is 7.01. The SMILES string of the molecule is c1ccc2c(-c3c(NC4CCCC4)ccc4ccccc34)cccc2c1. The number of nitrogens with one attached hydrogen (secondary N) is 1. The molecule has 0 atom stereocenters. The molecule has 0 heterocycles. The Balaban J connectivity index is 1.78. The Hall–Kier alpha value is -2.80. The number of anilines is 1. The van der Waals surface area contributed by atoms with E-state index in [0.29, 0.717) is 6.04 Å². The summed E-state index contributed by atoms with van der Waals surface area (Å²) in [7, 11) is 0. The van der Waals surface area contributed by atoms with Gasteiger partial charge in [-0.1, -0.05) is 85.6 Å². The van der Waals surface area contributed by atoms with Crippen LogP contribution in [0.4, 0.5) is 5.69 Å². The number of benzene rings is 4. The smallest absolute Gasteiger partial charge is 0.0428 e. The second-order valence-corrected chi connectivity index (χ2v) is 7.36. The first-order valence-corrected chi connectivity index (χ1v) is 9.66. The van der Waals surface area contributed by atoms with E-state index in [1.165, 1.54) is 64.0 Å². The minimum atomic E-state index is 0.602. The van der Waals surface area contributed by atoms with Gasteiger partial charge in [-0.05, 0) is 46.0 Å². The molecule has 1 N–H and O–H groups in total. The highest BCUT2D eigenvalue weighted by atomic mass is 14.9. The van der Waals surface area contributed by atoms with Crippen molar-refractivity contribution < 1.29 is 0 Å². The Bertz CT molecular complexity index is 1070. The monoisotopic (exact) mass is 337 g/mol. The highest BCUT2D eigenvalue weighted by molar-refractivity contribution is 6.09. The third kappa shape index (κ3) is 2.64. The molecule has 1 aliphatic rings. The average Bonchev–Trinajstić information content (AvgIpc) is 3.21. The molecule has 0 aliphatic heterocycles. The summed E-state index contributed by atoms with van der Waals surface area (Å²) in [6.45, 7) is 0. The van der Waals surface area contributed by atoms with E-state index in [-0.39, 0.29) is 0 Å². The molecule has 0 aromatic heterocycles. The topological polar surface area (TPSA) is 12.0 Å². The molecule has 0 radical (unpaired) electrons. The van der Waals surface area contributed by atoms with Gasteiger partial charge in [-0.2, -0.15) is 0 Å². The Morgan fingerprint density at radius 2 is 1.27 bits per heavy atom. The van der Waals surface area contributed by atoms with Gasteiger partial charge in [-0.25, -0.2) is 0 Å². The molecular formula is C25H23N. The number of rotatable bonds is 3. The molecular weight excluding hydrogens is 314 g/mol. The largest absolute Gasteiger partial charge is 0.382 e. The summed E-state index contributed by atoms with van der Waals surface area (Å²) < 4.78 is 0. The summed E-state index contributed by atoms with van der Waals surface area (Å²) in [6.07, 6.45) is 5.24. The van der Waals surface area contributed by atoms with Crippen molar-refractivity contribution in [1.29, 1.82) is 0 Å². The van der Waals surface area contributed by atoms with Gasteiger partial charge < -0.3 is 5.32 Å². The summed E-state index contributed by atoms with van der Waals surface area (Å²) in [6, 6.07) is 29.2. The molecule has 1 saturated carbocycles. The van der Waals surface area contributed by atoms with Gasteiger partial charge in [0.1, 0.15) is 0 Å². The minimum absolute atomic E-state index is 0.602. The van der Waals surface area contributed by atoms with Gasteiger partial charge in [0, 0.05) is 17.3 Å². The lowest BCUT2D eigenvalue weighted by Gasteiger charge is -2.20. The molecule has 0 spiro atoms. The quantitative estimate of drug-likeness (QED) is 0.424. The van der Waals surface area contributed by atoms with Crippen LogP contribution in [0.5, 0.6) is 0 Å². The van der Waals surface area contributed by atoms with Crippen molar-refractivity contribution in [2.24, 2.45) is 0 Å². The summed E-state index contributed by atoms with van der Waals surface area (Å²) >= 11 is 0. The molecule has 128 valence electrons. The molecule has 0 amide bonds. The van der Waals surface area contributed by atoms with Crippen LogP contribution in [-0.2, 0) is 0 Å². The first-order chi connectivity index (χ1) is 12.9. The van der Waals surface area contributed by atoms with Crippen molar-refractivity contribution in [3.63, 3.8) is 0 Å². The van der Waals surface area contributed by atoms with E-state index in [9.17, 15) is 0 Å². The van der Waals surface area contributed by atoms with Crippen molar-refractivity contribution in [3.05, 3.63) is 78.9 Å². The Morgan fingerprint density at radius 3 is 2.08 bits per heavy atom. The molecule has 0 bridgehead atoms. The Morgan fingerprint density at radius 1 is 0.615 bits per heavy atom. The average molecular weight is 337 g/mol. The zero-order chi connectivity index (χ0) is 17.3. The van der Waals surface area contributed by atoms with Crippen molar-refractivity contribution in [1.82, 2.24) is 0 Å². The van der Waals surface area contributed by atoms with Crippen LogP contribution < -0.4 is 5.32 Å². The molecule has 1 aliphatic carbocycles. The fourth-order valence-electron chi connectivity index (χ4n) is 4.42. The van der Waals surface area contributed by atoms with Crippen molar-refractivity contribution in [3.8, 4) is 11.1 Å². The first-order valence-electron chi connectivity index (χ1n) is 9.66. The van der Waals surface area contributed by atoms with Crippen LogP contribution in [-0.4, -0.2) is 6.04 Å². The molecule has 26 heavy (non-hydrogen) atoms. The third-order valence-electron chi connectivity index (χ3n) is 5.70. The third-order valence-corrected chi connectivity index (χ3v) is 5.70. The first kappa shape index (κ1) is 15.5. The number of fused-ring (bicyclic) bond motifs is 2. The van der Waals surface area contributed by atoms with Crippen LogP contribution in [0.25, 0.3) is 32.7 Å². The number of hydrogen-bond acceptors (Lipinski definition) is 1. The molecule has 1 fully saturated rings. The minimum Gasteiger partial charge on any atom is -0.382 e. The maximum atomic E-state index is 3.86. The van der Waals surface area contributed by atoms with Gasteiger partial charge in [0.2, 0.25) is 0 Å². The second kappa shape index (κ2) is 6.49. The van der Waals surface area contributed by atoms with Crippen molar-refractivity contribution in [2.45, 2.75) is 31.7 Å². The summed E-state index contributed by atoms with van der Waals surface area (Å²) in [5.74, 6) is 0. The normalized spacial score (nSPS) is 14.9. The lowest BCUT2D eigenvalue weighted by molar-refractivity contribution is 0.756. The van der Waals surface area contributed by atoms with E-state index in [0.717, 1.165) is 0 Å². The zero-order valence-corrected chi connectivity index (χ0v) is 14.9. The van der Waals surface area contributed by atoms with Crippen LogP contribution >= 0.6 is 0 Å². The van der Waals surface area contributed by atoms with Gasteiger partial charge in [0.15, 0.2) is 0 Å². The van der Waals surface area contributed by atoms with E-state index in [1.807, 2.05) is 0 Å². The van der Waals surface area contributed by atoms with Gasteiger partial charge in [-0.3, -0.25) is 0 Å². The van der Waals surface area contributed by atoms with E-state index in [4.69, 9.17) is 0 Å². The molecule has 1 nitrogen and oxygen atoms in total. The van der Waals surface area contributed by atoms with E-state index in [1.54, 1.807) is 0 Å². The summed E-state index contributed by atoms with van der Waals surface area (Å²) in [5, 5.41) is 9.11. The van der Waals surface area contributed by atoms with Gasteiger partial charge >= 0.3 is 0 Å². The van der Waals surface area contributed by atoms with E-state index < -0.39 is 0 Å². The maximum absolute atomic E-state index is 3.86. The molecule has 4 aromatic rings. The van der Waals surface area contributed by atoms with Gasteiger partial charge in [0.25, 0.3) is 0 Å². The lowest BCUT2D eigenvalue weighted by atomic mass is 9.92. The summed E-state index contributed by atoms with van der Waals surface area (Å²) in [5.41, 5.74) is 3.93. The molecule has 4 aromatic carbocycles. The number of hydrogen-bond donors (Lipinski definition) is 1. The fourth-order valence-corrected chi connectivity index (χ4v) is 4.42. The predicted molar refractivity (Wildman–Crippen MR) is 113 cm³/mol. The molecule has 1 heteroatoms. The molecule has 0 saturated heterocycles. The van der Waals surface area contributed by atoms with Crippen LogP contribution in [0.3, 0.4) is 0 Å². The molecule has 5 rings (SSSR count). The Kier molecular flexibility index (Phi) is 3.86. The molecule has 0 unspecified atom stereocenters. The van der Waals surface area contributed by atoms with Crippen LogP contribution in [0.15, 0.2) is 78.9 Å². The van der Waals surface area contributed by atoms with Crippen molar-refractivity contribution >= 4 is 27.2 Å². The van der Waals surface area contributed by atoms with E-state index >= 15 is 0 Å². The highest BCUT2D eigenvalue weighted by Gasteiger charge is 2.18. The van der Waals surface area contributed by atoms with Crippen LogP contribution in [0, 0.1) is 0 Å². The van der Waals surface area contributed by atoms with E-state index in [2.05, 4.69) is 84.2 Å². The van der Waals surface area contributed by atoms with Crippen LogP contribution in [0.2, 0.25) is 0 Å². The van der Waals surface area contributed by atoms with Gasteiger partial charge in [-0.15, -0.1) is 0 Å². The maximum Gasteiger partial charge on any atom is 0.0428 e. The standard InChI is InChI=1S/C25H23N/c1-5-13-21-18(8-1)10-7-15-23(21)25-22-14-6-2-9-19(22)16-17-24(25)26-20-11-3-4-12-20/h1-2,5-10,13-17,20,26H,3-4,11-12H2. The van der Waals surface area contributed by atoms with Crippen LogP contribution in [0.1, 0.15) is 25.7 Å². The fraction of sp³-hybridized carbons (Fsp3) is 0.200. The zero-order valence-electron chi connectivity index (χ0n) is 14.9. The van der Waals surface area contributed by atoms with Crippen molar-refractivity contribution in [2.75, 3.05) is 5.32 Å².